The number of halogens is 1. The Morgan fingerprint density at radius 3 is 2.62 bits per heavy atom. The van der Waals surface area contributed by atoms with E-state index in [-0.39, 0.29) is 23.7 Å². The molecule has 2 aromatic carbocycles. The molecule has 0 fully saturated rings. The Morgan fingerprint density at radius 1 is 1.15 bits per heavy atom. The average Bonchev–Trinajstić information content (AvgIpc) is 3.09. The Balaban J connectivity index is 1.75. The highest BCUT2D eigenvalue weighted by atomic mass is 32.1. The van der Waals surface area contributed by atoms with Gasteiger partial charge in [-0.05, 0) is 36.4 Å². The molecule has 0 spiro atoms. The summed E-state index contributed by atoms with van der Waals surface area (Å²) in [6.07, 6.45) is 0. The zero-order valence-corrected chi connectivity index (χ0v) is 14.3. The third kappa shape index (κ3) is 4.22. The summed E-state index contributed by atoms with van der Waals surface area (Å²) in [6.45, 7) is -0.323. The molecule has 0 aliphatic carbocycles. The van der Waals surface area contributed by atoms with Crippen molar-refractivity contribution in [2.45, 2.75) is 0 Å². The van der Waals surface area contributed by atoms with Gasteiger partial charge < -0.3 is 10.5 Å². The predicted molar refractivity (Wildman–Crippen MR) is 96.6 cm³/mol. The number of aromatic nitrogens is 1. The summed E-state index contributed by atoms with van der Waals surface area (Å²) in [5.41, 5.74) is 6.69. The van der Waals surface area contributed by atoms with E-state index in [0.717, 1.165) is 5.56 Å². The Hall–Kier alpha value is -3.26. The number of carbonyl (C=O) groups is 2. The van der Waals surface area contributed by atoms with E-state index in [1.807, 2.05) is 0 Å². The standard InChI is InChI=1S/C18H14FN3O3S/c19-12-7-5-11(6-8-12)14-10-26-18(21-14)22-17(24)13-3-1-2-4-15(13)25-9-16(20)23/h1-8,10H,9H2,(H2,20,23)(H,21,22,24). The first-order valence-corrected chi connectivity index (χ1v) is 8.44. The lowest BCUT2D eigenvalue weighted by molar-refractivity contribution is -0.119. The van der Waals surface area contributed by atoms with Crippen molar-refractivity contribution in [1.29, 1.82) is 0 Å². The number of primary amides is 1. The third-order valence-electron chi connectivity index (χ3n) is 3.37. The smallest absolute Gasteiger partial charge is 0.261 e. The number of nitrogens with zero attached hydrogens (tertiary/aromatic N) is 1. The number of nitrogens with two attached hydrogens (primary N) is 1. The van der Waals surface area contributed by atoms with Gasteiger partial charge in [-0.15, -0.1) is 11.3 Å². The van der Waals surface area contributed by atoms with Crippen LogP contribution in [0, 0.1) is 5.82 Å². The monoisotopic (exact) mass is 371 g/mol. The van der Waals surface area contributed by atoms with Crippen molar-refractivity contribution in [1.82, 2.24) is 4.98 Å². The lowest BCUT2D eigenvalue weighted by Crippen LogP contribution is -2.21. The van der Waals surface area contributed by atoms with Crippen LogP contribution in [0.3, 0.4) is 0 Å². The first-order chi connectivity index (χ1) is 12.5. The number of ether oxygens (including phenoxy) is 1. The van der Waals surface area contributed by atoms with Gasteiger partial charge in [0.1, 0.15) is 11.6 Å². The Bertz CT molecular complexity index is 941. The van der Waals surface area contributed by atoms with Gasteiger partial charge in [0.25, 0.3) is 11.8 Å². The Labute approximate surface area is 152 Å². The van der Waals surface area contributed by atoms with E-state index in [0.29, 0.717) is 10.8 Å². The van der Waals surface area contributed by atoms with Crippen LogP contribution in [0.15, 0.2) is 53.9 Å². The van der Waals surface area contributed by atoms with E-state index >= 15 is 0 Å². The second-order valence-corrected chi connectivity index (χ2v) is 6.11. The minimum Gasteiger partial charge on any atom is -0.483 e. The number of para-hydroxylation sites is 1. The summed E-state index contributed by atoms with van der Waals surface area (Å²) in [5.74, 6) is -1.14. The normalized spacial score (nSPS) is 10.3. The van der Waals surface area contributed by atoms with Crippen molar-refractivity contribution in [2.75, 3.05) is 11.9 Å². The molecule has 0 radical (unpaired) electrons. The third-order valence-corrected chi connectivity index (χ3v) is 4.12. The topological polar surface area (TPSA) is 94.3 Å². The fourth-order valence-corrected chi connectivity index (χ4v) is 2.89. The molecule has 0 aliphatic rings. The van der Waals surface area contributed by atoms with Crippen molar-refractivity contribution in [2.24, 2.45) is 5.73 Å². The van der Waals surface area contributed by atoms with E-state index in [1.165, 1.54) is 23.5 Å². The number of nitrogens with one attached hydrogen (secondary N) is 1. The van der Waals surface area contributed by atoms with Gasteiger partial charge in [0, 0.05) is 10.9 Å². The number of rotatable bonds is 6. The van der Waals surface area contributed by atoms with Crippen LogP contribution < -0.4 is 15.8 Å². The molecular formula is C18H14FN3O3S. The molecule has 3 rings (SSSR count). The molecule has 0 saturated heterocycles. The molecule has 3 aromatic rings. The molecule has 0 aliphatic heterocycles. The zero-order valence-electron chi connectivity index (χ0n) is 13.4. The highest BCUT2D eigenvalue weighted by Gasteiger charge is 2.15. The average molecular weight is 371 g/mol. The second kappa shape index (κ2) is 7.75. The minimum atomic E-state index is -0.635. The van der Waals surface area contributed by atoms with Crippen LogP contribution in [0.25, 0.3) is 11.3 Å². The fraction of sp³-hybridized carbons (Fsp3) is 0.0556. The lowest BCUT2D eigenvalue weighted by Gasteiger charge is -2.09. The van der Waals surface area contributed by atoms with Crippen LogP contribution in [0.5, 0.6) is 5.75 Å². The van der Waals surface area contributed by atoms with Gasteiger partial charge in [-0.3, -0.25) is 14.9 Å². The molecule has 0 unspecified atom stereocenters. The highest BCUT2D eigenvalue weighted by Crippen LogP contribution is 2.26. The first kappa shape index (κ1) is 17.6. The Morgan fingerprint density at radius 2 is 1.88 bits per heavy atom. The molecule has 1 aromatic heterocycles. The largest absolute Gasteiger partial charge is 0.483 e. The Kier molecular flexibility index (Phi) is 5.23. The van der Waals surface area contributed by atoms with Gasteiger partial charge in [0.15, 0.2) is 11.7 Å². The van der Waals surface area contributed by atoms with Crippen molar-refractivity contribution >= 4 is 28.3 Å². The summed E-state index contributed by atoms with van der Waals surface area (Å²) in [5, 5.41) is 4.84. The van der Waals surface area contributed by atoms with E-state index in [9.17, 15) is 14.0 Å². The van der Waals surface area contributed by atoms with Crippen LogP contribution >= 0.6 is 11.3 Å². The lowest BCUT2D eigenvalue weighted by atomic mass is 10.2. The quantitative estimate of drug-likeness (QED) is 0.696. The van der Waals surface area contributed by atoms with Gasteiger partial charge in [-0.1, -0.05) is 12.1 Å². The molecule has 0 atom stereocenters. The van der Waals surface area contributed by atoms with Gasteiger partial charge in [0.2, 0.25) is 0 Å². The second-order valence-electron chi connectivity index (χ2n) is 5.25. The fourth-order valence-electron chi connectivity index (χ4n) is 2.18. The zero-order chi connectivity index (χ0) is 18.5. The number of hydrogen-bond donors (Lipinski definition) is 2. The number of anilines is 1. The molecule has 8 heteroatoms. The van der Waals surface area contributed by atoms with E-state index in [2.05, 4.69) is 10.3 Å². The maximum Gasteiger partial charge on any atom is 0.261 e. The molecule has 3 N–H and O–H groups in total. The summed E-state index contributed by atoms with van der Waals surface area (Å²) in [4.78, 5) is 27.7. The molecule has 132 valence electrons. The number of hydrogen-bond acceptors (Lipinski definition) is 5. The summed E-state index contributed by atoms with van der Waals surface area (Å²) >= 11 is 1.24. The van der Waals surface area contributed by atoms with Crippen molar-refractivity contribution in [3.05, 3.63) is 65.3 Å². The van der Waals surface area contributed by atoms with Crippen molar-refractivity contribution < 1.29 is 18.7 Å². The van der Waals surface area contributed by atoms with Crippen LogP contribution in [0.2, 0.25) is 0 Å². The predicted octanol–water partition coefficient (Wildman–Crippen LogP) is 3.07. The van der Waals surface area contributed by atoms with Gasteiger partial charge in [-0.25, -0.2) is 9.37 Å². The molecule has 6 nitrogen and oxygen atoms in total. The highest BCUT2D eigenvalue weighted by molar-refractivity contribution is 7.14. The first-order valence-electron chi connectivity index (χ1n) is 7.56. The molecular weight excluding hydrogens is 357 g/mol. The SMILES string of the molecule is NC(=O)COc1ccccc1C(=O)Nc1nc(-c2ccc(F)cc2)cs1. The summed E-state index contributed by atoms with van der Waals surface area (Å²) in [6, 6.07) is 12.4. The van der Waals surface area contributed by atoms with E-state index in [4.69, 9.17) is 10.5 Å². The van der Waals surface area contributed by atoms with Gasteiger partial charge in [0.05, 0.1) is 11.3 Å². The van der Waals surface area contributed by atoms with E-state index < -0.39 is 11.8 Å². The van der Waals surface area contributed by atoms with Crippen LogP contribution in [-0.2, 0) is 4.79 Å². The summed E-state index contributed by atoms with van der Waals surface area (Å²) in [7, 11) is 0. The molecule has 26 heavy (non-hydrogen) atoms. The minimum absolute atomic E-state index is 0.249. The summed E-state index contributed by atoms with van der Waals surface area (Å²) < 4.78 is 18.3. The number of amides is 2. The van der Waals surface area contributed by atoms with Crippen LogP contribution in [-0.4, -0.2) is 23.4 Å². The van der Waals surface area contributed by atoms with Crippen molar-refractivity contribution in [3.8, 4) is 17.0 Å². The maximum absolute atomic E-state index is 13.0. The number of thiazole rings is 1. The number of carbonyl (C=O) groups excluding carboxylic acids is 2. The molecule has 0 bridgehead atoms. The maximum atomic E-state index is 13.0. The molecule has 1 heterocycles. The van der Waals surface area contributed by atoms with E-state index in [1.54, 1.807) is 41.8 Å². The van der Waals surface area contributed by atoms with Gasteiger partial charge in [-0.2, -0.15) is 0 Å². The van der Waals surface area contributed by atoms with Crippen LogP contribution in [0.4, 0.5) is 9.52 Å². The molecule has 0 saturated carbocycles. The van der Waals surface area contributed by atoms with Crippen LogP contribution in [0.1, 0.15) is 10.4 Å². The number of benzene rings is 2. The van der Waals surface area contributed by atoms with Gasteiger partial charge >= 0.3 is 0 Å². The van der Waals surface area contributed by atoms with Crippen molar-refractivity contribution in [3.63, 3.8) is 0 Å². The molecule has 2 amide bonds.